The molecule has 3 aromatic rings. The molecule has 7 nitrogen and oxygen atoms in total. The lowest BCUT2D eigenvalue weighted by atomic mass is 10.1. The van der Waals surface area contributed by atoms with Crippen molar-refractivity contribution in [3.63, 3.8) is 0 Å². The van der Waals surface area contributed by atoms with E-state index in [2.05, 4.69) is 0 Å². The van der Waals surface area contributed by atoms with Crippen LogP contribution < -0.4 is 8.92 Å². The molecule has 1 saturated heterocycles. The first-order valence-corrected chi connectivity index (χ1v) is 13.6. The highest BCUT2D eigenvalue weighted by molar-refractivity contribution is 7.87. The van der Waals surface area contributed by atoms with Crippen molar-refractivity contribution >= 4 is 39.2 Å². The fourth-order valence-corrected chi connectivity index (χ4v) is 5.28. The summed E-state index contributed by atoms with van der Waals surface area (Å²) in [5.74, 6) is -1.05. The number of ether oxygens (including phenoxy) is 2. The first-order valence-electron chi connectivity index (χ1n) is 11.4. The molecule has 0 bridgehead atoms. The SMILES string of the molecule is COc1ccc(CN(C[C@H]2CCCO2)C(=O)c2ccccc2F)cc1OS(=O)(=O)c1ccc(Cl)c(Cl)c1. The predicted molar refractivity (Wildman–Crippen MR) is 137 cm³/mol. The number of carbonyl (C=O) groups excluding carboxylic acids is 1. The Hall–Kier alpha value is -2.85. The summed E-state index contributed by atoms with van der Waals surface area (Å²) in [6.07, 6.45) is 1.47. The average molecular weight is 568 g/mol. The van der Waals surface area contributed by atoms with Gasteiger partial charge < -0.3 is 18.6 Å². The van der Waals surface area contributed by atoms with E-state index in [1.165, 1.54) is 60.5 Å². The number of amides is 1. The molecule has 1 amide bonds. The van der Waals surface area contributed by atoms with Gasteiger partial charge in [-0.25, -0.2) is 4.39 Å². The Kier molecular flexibility index (Phi) is 8.59. The summed E-state index contributed by atoms with van der Waals surface area (Å²) in [7, 11) is -2.91. The highest BCUT2D eigenvalue weighted by Gasteiger charge is 2.26. The molecule has 1 aliphatic heterocycles. The minimum Gasteiger partial charge on any atom is -0.493 e. The maximum atomic E-state index is 14.4. The van der Waals surface area contributed by atoms with Crippen molar-refractivity contribution in [2.24, 2.45) is 0 Å². The fourth-order valence-electron chi connectivity index (χ4n) is 3.96. The second kappa shape index (κ2) is 11.7. The first kappa shape index (κ1) is 27.2. The molecule has 0 aromatic heterocycles. The van der Waals surface area contributed by atoms with Gasteiger partial charge in [0.25, 0.3) is 5.91 Å². The van der Waals surface area contributed by atoms with Crippen molar-refractivity contribution in [3.05, 3.63) is 87.7 Å². The summed E-state index contributed by atoms with van der Waals surface area (Å²) in [5, 5.41) is 0.259. The number of halogens is 3. The molecular weight excluding hydrogens is 544 g/mol. The molecule has 0 N–H and O–H groups in total. The van der Waals surface area contributed by atoms with E-state index >= 15 is 0 Å². The molecule has 0 aliphatic carbocycles. The van der Waals surface area contributed by atoms with Gasteiger partial charge in [0.1, 0.15) is 10.7 Å². The summed E-state index contributed by atoms with van der Waals surface area (Å²) in [6, 6.07) is 14.2. The van der Waals surface area contributed by atoms with Crippen LogP contribution in [0.5, 0.6) is 11.5 Å². The molecule has 3 aromatic carbocycles. The molecule has 196 valence electrons. The third-order valence-electron chi connectivity index (χ3n) is 5.82. The monoisotopic (exact) mass is 567 g/mol. The van der Waals surface area contributed by atoms with Crippen LogP contribution in [0.3, 0.4) is 0 Å². The molecule has 37 heavy (non-hydrogen) atoms. The quantitative estimate of drug-likeness (QED) is 0.307. The largest absolute Gasteiger partial charge is 0.493 e. The van der Waals surface area contributed by atoms with Crippen LogP contribution in [-0.4, -0.2) is 45.6 Å². The van der Waals surface area contributed by atoms with Crippen LogP contribution in [0.25, 0.3) is 0 Å². The van der Waals surface area contributed by atoms with E-state index in [1.807, 2.05) is 0 Å². The van der Waals surface area contributed by atoms with Gasteiger partial charge in [0.15, 0.2) is 11.5 Å². The van der Waals surface area contributed by atoms with Crippen LogP contribution in [0.15, 0.2) is 65.6 Å². The van der Waals surface area contributed by atoms with Gasteiger partial charge in [-0.1, -0.05) is 41.4 Å². The molecule has 0 unspecified atom stereocenters. The molecule has 0 radical (unpaired) electrons. The van der Waals surface area contributed by atoms with E-state index in [-0.39, 0.29) is 51.2 Å². The van der Waals surface area contributed by atoms with Crippen LogP contribution in [-0.2, 0) is 21.4 Å². The molecule has 1 aliphatic rings. The number of carbonyl (C=O) groups is 1. The Morgan fingerprint density at radius 3 is 2.54 bits per heavy atom. The summed E-state index contributed by atoms with van der Waals surface area (Å²) in [4.78, 5) is 14.6. The Morgan fingerprint density at radius 2 is 1.86 bits per heavy atom. The zero-order valence-electron chi connectivity index (χ0n) is 19.8. The lowest BCUT2D eigenvalue weighted by molar-refractivity contribution is 0.0503. The lowest BCUT2D eigenvalue weighted by Gasteiger charge is -2.26. The third-order valence-corrected chi connectivity index (χ3v) is 7.79. The summed E-state index contributed by atoms with van der Waals surface area (Å²) >= 11 is 11.9. The predicted octanol–water partition coefficient (Wildman–Crippen LogP) is 5.73. The molecule has 4 rings (SSSR count). The maximum absolute atomic E-state index is 14.4. The molecule has 1 heterocycles. The van der Waals surface area contributed by atoms with Gasteiger partial charge >= 0.3 is 10.1 Å². The summed E-state index contributed by atoms with van der Waals surface area (Å²) < 4.78 is 56.6. The van der Waals surface area contributed by atoms with Crippen LogP contribution in [0.2, 0.25) is 10.0 Å². The van der Waals surface area contributed by atoms with Crippen molar-refractivity contribution in [1.82, 2.24) is 4.90 Å². The second-order valence-electron chi connectivity index (χ2n) is 8.40. The van der Waals surface area contributed by atoms with E-state index in [1.54, 1.807) is 12.1 Å². The van der Waals surface area contributed by atoms with Crippen molar-refractivity contribution in [3.8, 4) is 11.5 Å². The lowest BCUT2D eigenvalue weighted by Crippen LogP contribution is -2.37. The maximum Gasteiger partial charge on any atom is 0.339 e. The zero-order chi connectivity index (χ0) is 26.6. The van der Waals surface area contributed by atoms with E-state index < -0.39 is 21.8 Å². The van der Waals surface area contributed by atoms with Crippen LogP contribution in [0.1, 0.15) is 28.8 Å². The number of methoxy groups -OCH3 is 1. The van der Waals surface area contributed by atoms with Crippen LogP contribution in [0, 0.1) is 5.82 Å². The molecule has 11 heteroatoms. The Balaban J connectivity index is 1.63. The van der Waals surface area contributed by atoms with Crippen LogP contribution in [0.4, 0.5) is 4.39 Å². The minimum atomic E-state index is -4.29. The molecular formula is C26H24Cl2FNO6S. The smallest absolute Gasteiger partial charge is 0.339 e. The van der Waals surface area contributed by atoms with Crippen molar-refractivity contribution in [2.45, 2.75) is 30.4 Å². The first-order chi connectivity index (χ1) is 17.7. The third kappa shape index (κ3) is 6.54. The molecule has 0 saturated carbocycles. The Bertz CT molecular complexity index is 1400. The van der Waals surface area contributed by atoms with Gasteiger partial charge in [0, 0.05) is 19.7 Å². The standard InChI is InChI=1S/C26H24Cl2FNO6S/c1-34-24-11-8-17(13-25(24)36-37(32,33)19-9-10-21(27)22(28)14-19)15-30(16-18-5-4-12-35-18)26(31)20-6-2-3-7-23(20)29/h2-3,6-11,13-14,18H,4-5,12,15-16H2,1H3/t18-/m1/s1. The Labute approximate surface area is 224 Å². The topological polar surface area (TPSA) is 82.1 Å². The van der Waals surface area contributed by atoms with Gasteiger partial charge in [-0.15, -0.1) is 0 Å². The van der Waals surface area contributed by atoms with E-state index in [9.17, 15) is 17.6 Å². The van der Waals surface area contributed by atoms with E-state index in [0.29, 0.717) is 12.2 Å². The number of nitrogens with zero attached hydrogens (tertiary/aromatic N) is 1. The van der Waals surface area contributed by atoms with Gasteiger partial charge in [-0.05, 0) is 60.9 Å². The second-order valence-corrected chi connectivity index (χ2v) is 10.8. The number of rotatable bonds is 9. The van der Waals surface area contributed by atoms with Crippen LogP contribution >= 0.6 is 23.2 Å². The van der Waals surface area contributed by atoms with Crippen molar-refractivity contribution in [1.29, 1.82) is 0 Å². The molecule has 1 fully saturated rings. The number of benzene rings is 3. The van der Waals surface area contributed by atoms with Crippen molar-refractivity contribution < 1.29 is 31.3 Å². The zero-order valence-corrected chi connectivity index (χ0v) is 22.2. The highest BCUT2D eigenvalue weighted by atomic mass is 35.5. The van der Waals surface area contributed by atoms with Gasteiger partial charge in [-0.3, -0.25) is 4.79 Å². The van der Waals surface area contributed by atoms with Gasteiger partial charge in [0.05, 0.1) is 28.8 Å². The average Bonchev–Trinajstić information content (AvgIpc) is 3.38. The normalized spacial score (nSPS) is 15.4. The summed E-state index contributed by atoms with van der Waals surface area (Å²) in [6.45, 7) is 0.899. The number of hydrogen-bond donors (Lipinski definition) is 0. The molecule has 1 atom stereocenters. The molecule has 0 spiro atoms. The Morgan fingerprint density at radius 1 is 1.08 bits per heavy atom. The van der Waals surface area contributed by atoms with E-state index in [4.69, 9.17) is 36.9 Å². The highest BCUT2D eigenvalue weighted by Crippen LogP contribution is 2.33. The summed E-state index contributed by atoms with van der Waals surface area (Å²) in [5.41, 5.74) is 0.482. The number of hydrogen-bond acceptors (Lipinski definition) is 6. The van der Waals surface area contributed by atoms with E-state index in [0.717, 1.165) is 12.8 Å². The minimum absolute atomic E-state index is 0.0558. The fraction of sp³-hybridized carbons (Fsp3) is 0.269. The van der Waals surface area contributed by atoms with Crippen molar-refractivity contribution in [2.75, 3.05) is 20.3 Å². The van der Waals surface area contributed by atoms with Gasteiger partial charge in [-0.2, -0.15) is 8.42 Å². The van der Waals surface area contributed by atoms with Gasteiger partial charge in [0.2, 0.25) is 0 Å².